The first-order valence-corrected chi connectivity index (χ1v) is 5.85. The van der Waals surface area contributed by atoms with Gasteiger partial charge in [-0.25, -0.2) is 9.97 Å². The van der Waals surface area contributed by atoms with Gasteiger partial charge >= 0.3 is 0 Å². The Bertz CT molecular complexity index is 465. The summed E-state index contributed by atoms with van der Waals surface area (Å²) in [4.78, 5) is 9.44. The topological polar surface area (TPSA) is 77.0 Å². The number of rotatable bonds is 4. The van der Waals surface area contributed by atoms with Gasteiger partial charge in [-0.2, -0.15) is 0 Å². The summed E-state index contributed by atoms with van der Waals surface area (Å²) < 4.78 is 1.95. The third kappa shape index (κ3) is 2.13. The summed E-state index contributed by atoms with van der Waals surface area (Å²) >= 11 is 1.61. The molecule has 0 aliphatic rings. The van der Waals surface area contributed by atoms with Crippen molar-refractivity contribution in [3.8, 4) is 0 Å². The molecule has 0 radical (unpaired) electrons. The van der Waals surface area contributed by atoms with Crippen LogP contribution in [0.15, 0.2) is 18.0 Å². The van der Waals surface area contributed by atoms with Crippen molar-refractivity contribution in [2.45, 2.75) is 19.5 Å². The SMILES string of the molecule is Cc1ncsc1Cn1cncc1C(N)CO. The van der Waals surface area contributed by atoms with Crippen LogP contribution < -0.4 is 5.73 Å². The van der Waals surface area contributed by atoms with Gasteiger partial charge in [0.1, 0.15) is 0 Å². The lowest BCUT2D eigenvalue weighted by atomic mass is 10.2. The number of thiazole rings is 1. The van der Waals surface area contributed by atoms with Gasteiger partial charge in [-0.15, -0.1) is 11.3 Å². The smallest absolute Gasteiger partial charge is 0.0952 e. The van der Waals surface area contributed by atoms with E-state index in [0.29, 0.717) is 6.54 Å². The molecule has 2 aromatic rings. The van der Waals surface area contributed by atoms with Crippen LogP contribution in [-0.2, 0) is 6.54 Å². The molecule has 0 aromatic carbocycles. The van der Waals surface area contributed by atoms with Crippen LogP contribution in [0, 0.1) is 6.92 Å². The molecule has 0 saturated carbocycles. The van der Waals surface area contributed by atoms with E-state index in [9.17, 15) is 0 Å². The maximum absolute atomic E-state index is 9.04. The molecule has 16 heavy (non-hydrogen) atoms. The molecule has 6 heteroatoms. The first-order chi connectivity index (χ1) is 7.72. The molecule has 86 valence electrons. The zero-order chi connectivity index (χ0) is 11.5. The van der Waals surface area contributed by atoms with E-state index in [1.165, 1.54) is 4.88 Å². The molecular weight excluding hydrogens is 224 g/mol. The van der Waals surface area contributed by atoms with Gasteiger partial charge in [-0.1, -0.05) is 0 Å². The number of nitrogens with zero attached hydrogens (tertiary/aromatic N) is 3. The number of aromatic nitrogens is 3. The second-order valence-corrected chi connectivity index (χ2v) is 4.54. The molecule has 0 bridgehead atoms. The number of hydrogen-bond acceptors (Lipinski definition) is 5. The predicted molar refractivity (Wildman–Crippen MR) is 62.2 cm³/mol. The summed E-state index contributed by atoms with van der Waals surface area (Å²) in [6.45, 7) is 2.61. The number of hydrogen-bond donors (Lipinski definition) is 2. The largest absolute Gasteiger partial charge is 0.394 e. The van der Waals surface area contributed by atoms with E-state index in [2.05, 4.69) is 9.97 Å². The maximum Gasteiger partial charge on any atom is 0.0952 e. The first kappa shape index (κ1) is 11.3. The molecule has 0 aliphatic heterocycles. The van der Waals surface area contributed by atoms with Crippen molar-refractivity contribution in [2.75, 3.05) is 6.61 Å². The molecule has 3 N–H and O–H groups in total. The van der Waals surface area contributed by atoms with E-state index in [0.717, 1.165) is 11.4 Å². The minimum atomic E-state index is -0.379. The fourth-order valence-electron chi connectivity index (χ4n) is 1.50. The fourth-order valence-corrected chi connectivity index (χ4v) is 2.27. The van der Waals surface area contributed by atoms with Gasteiger partial charge in [0, 0.05) is 11.1 Å². The summed E-state index contributed by atoms with van der Waals surface area (Å²) in [7, 11) is 0. The Labute approximate surface area is 97.6 Å². The minimum Gasteiger partial charge on any atom is -0.394 e. The van der Waals surface area contributed by atoms with Gasteiger partial charge in [0.05, 0.1) is 42.4 Å². The number of aliphatic hydroxyl groups excluding tert-OH is 1. The molecule has 2 heterocycles. The van der Waals surface area contributed by atoms with Gasteiger partial charge in [0.2, 0.25) is 0 Å². The van der Waals surface area contributed by atoms with Gasteiger partial charge in [0.25, 0.3) is 0 Å². The van der Waals surface area contributed by atoms with Crippen molar-refractivity contribution in [2.24, 2.45) is 5.73 Å². The molecule has 0 spiro atoms. The summed E-state index contributed by atoms with van der Waals surface area (Å²) in [6, 6.07) is -0.379. The van der Waals surface area contributed by atoms with Crippen LogP contribution in [0.4, 0.5) is 0 Å². The highest BCUT2D eigenvalue weighted by molar-refractivity contribution is 7.09. The molecule has 0 aliphatic carbocycles. The second-order valence-electron chi connectivity index (χ2n) is 3.60. The minimum absolute atomic E-state index is 0.0760. The van der Waals surface area contributed by atoms with Crippen LogP contribution in [0.2, 0.25) is 0 Å². The highest BCUT2D eigenvalue weighted by Gasteiger charge is 2.12. The molecular formula is C10H14N4OS. The molecule has 1 atom stereocenters. The molecule has 1 unspecified atom stereocenters. The average molecular weight is 238 g/mol. The zero-order valence-electron chi connectivity index (χ0n) is 9.00. The molecule has 0 fully saturated rings. The average Bonchev–Trinajstić information content (AvgIpc) is 2.88. The van der Waals surface area contributed by atoms with Crippen LogP contribution in [-0.4, -0.2) is 26.2 Å². The Balaban J connectivity index is 2.22. The van der Waals surface area contributed by atoms with Gasteiger partial charge in [-0.05, 0) is 6.92 Å². The molecule has 2 rings (SSSR count). The number of aryl methyl sites for hydroxylation is 1. The van der Waals surface area contributed by atoms with E-state index in [-0.39, 0.29) is 12.6 Å². The summed E-state index contributed by atoms with van der Waals surface area (Å²) in [6.07, 6.45) is 3.42. The van der Waals surface area contributed by atoms with Crippen LogP contribution in [0.25, 0.3) is 0 Å². The van der Waals surface area contributed by atoms with Crippen LogP contribution in [0.3, 0.4) is 0 Å². The Hall–Kier alpha value is -1.24. The fraction of sp³-hybridized carbons (Fsp3) is 0.400. The van der Waals surface area contributed by atoms with E-state index in [1.807, 2.05) is 17.0 Å². The standard InChI is InChI=1S/C10H14N4OS/c1-7-10(16-6-13-7)3-14-5-12-2-9(14)8(11)4-15/h2,5-6,8,15H,3-4,11H2,1H3. The Morgan fingerprint density at radius 2 is 2.44 bits per heavy atom. The normalized spacial score (nSPS) is 12.9. The van der Waals surface area contributed by atoms with Crippen LogP contribution >= 0.6 is 11.3 Å². The second kappa shape index (κ2) is 4.73. The maximum atomic E-state index is 9.04. The Morgan fingerprint density at radius 3 is 3.06 bits per heavy atom. The summed E-state index contributed by atoms with van der Waals surface area (Å²) in [5.74, 6) is 0. The van der Waals surface area contributed by atoms with E-state index in [1.54, 1.807) is 23.9 Å². The Kier molecular flexibility index (Phi) is 3.33. The first-order valence-electron chi connectivity index (χ1n) is 4.97. The lowest BCUT2D eigenvalue weighted by Gasteiger charge is -2.11. The van der Waals surface area contributed by atoms with Crippen molar-refractivity contribution in [3.63, 3.8) is 0 Å². The molecule has 5 nitrogen and oxygen atoms in total. The molecule has 0 amide bonds. The molecule has 0 saturated heterocycles. The van der Waals surface area contributed by atoms with E-state index >= 15 is 0 Å². The van der Waals surface area contributed by atoms with Gasteiger partial charge in [0.15, 0.2) is 0 Å². The van der Waals surface area contributed by atoms with Crippen LogP contribution in [0.1, 0.15) is 22.3 Å². The number of imidazole rings is 1. The summed E-state index contributed by atoms with van der Waals surface area (Å²) in [5, 5.41) is 9.04. The van der Waals surface area contributed by atoms with Crippen molar-refractivity contribution in [1.29, 1.82) is 0 Å². The van der Waals surface area contributed by atoms with Crippen molar-refractivity contribution < 1.29 is 5.11 Å². The number of aliphatic hydroxyl groups is 1. The molecule has 2 aromatic heterocycles. The van der Waals surface area contributed by atoms with Gasteiger partial charge in [-0.3, -0.25) is 0 Å². The van der Waals surface area contributed by atoms with Crippen molar-refractivity contribution >= 4 is 11.3 Å². The predicted octanol–water partition coefficient (Wildman–Crippen LogP) is 0.688. The quantitative estimate of drug-likeness (QED) is 0.821. The Morgan fingerprint density at radius 1 is 1.62 bits per heavy atom. The number of nitrogens with two attached hydrogens (primary N) is 1. The lowest BCUT2D eigenvalue weighted by molar-refractivity contribution is 0.263. The third-order valence-corrected chi connectivity index (χ3v) is 3.40. The highest BCUT2D eigenvalue weighted by Crippen LogP contribution is 2.17. The van der Waals surface area contributed by atoms with Crippen molar-refractivity contribution in [3.05, 3.63) is 34.3 Å². The zero-order valence-corrected chi connectivity index (χ0v) is 9.81. The van der Waals surface area contributed by atoms with Crippen molar-refractivity contribution in [1.82, 2.24) is 14.5 Å². The van der Waals surface area contributed by atoms with Crippen LogP contribution in [0.5, 0.6) is 0 Å². The highest BCUT2D eigenvalue weighted by atomic mass is 32.1. The van der Waals surface area contributed by atoms with Gasteiger partial charge < -0.3 is 15.4 Å². The monoisotopic (exact) mass is 238 g/mol. The van der Waals surface area contributed by atoms with E-state index < -0.39 is 0 Å². The lowest BCUT2D eigenvalue weighted by Crippen LogP contribution is -2.18. The van der Waals surface area contributed by atoms with E-state index in [4.69, 9.17) is 10.8 Å². The third-order valence-electron chi connectivity index (χ3n) is 2.48. The summed E-state index contributed by atoms with van der Waals surface area (Å²) in [5.41, 5.74) is 9.48.